The van der Waals surface area contributed by atoms with Crippen molar-refractivity contribution >= 4 is 64.9 Å². The van der Waals surface area contributed by atoms with Crippen LogP contribution in [0.1, 0.15) is 45.6 Å². The normalized spacial score (nSPS) is 14.0. The molecule has 6 N–H and O–H groups in total. The molecular formula is C38H44N8O13. The summed E-state index contributed by atoms with van der Waals surface area (Å²) in [4.78, 5) is 121. The second-order valence-corrected chi connectivity index (χ2v) is 13.1. The number of carbonyl (C=O) groups excluding carboxylic acids is 9. The van der Waals surface area contributed by atoms with Gasteiger partial charge in [0.15, 0.2) is 0 Å². The largest absolute Gasteiger partial charge is 0.514 e. The van der Waals surface area contributed by atoms with Crippen LogP contribution in [0.3, 0.4) is 0 Å². The van der Waals surface area contributed by atoms with Crippen molar-refractivity contribution in [1.29, 1.82) is 0 Å². The van der Waals surface area contributed by atoms with Crippen molar-refractivity contribution in [3.05, 3.63) is 88.5 Å². The number of urea groups is 1. The average Bonchev–Trinajstić information content (AvgIpc) is 3.70. The van der Waals surface area contributed by atoms with E-state index in [4.69, 9.17) is 15.2 Å². The van der Waals surface area contributed by atoms with Gasteiger partial charge in [-0.15, -0.1) is 0 Å². The summed E-state index contributed by atoms with van der Waals surface area (Å²) in [7, 11) is 0. The highest BCUT2D eigenvalue weighted by Crippen LogP contribution is 2.20. The second kappa shape index (κ2) is 22.3. The van der Waals surface area contributed by atoms with Gasteiger partial charge in [0.2, 0.25) is 17.7 Å². The molecule has 2 heterocycles. The average molecular weight is 821 g/mol. The number of primary amides is 1. The Bertz CT molecular complexity index is 1940. The molecule has 59 heavy (non-hydrogen) atoms. The van der Waals surface area contributed by atoms with Crippen LogP contribution in [0.15, 0.2) is 72.8 Å². The minimum absolute atomic E-state index is 0.0602. The predicted molar refractivity (Wildman–Crippen MR) is 207 cm³/mol. The zero-order valence-corrected chi connectivity index (χ0v) is 32.3. The Morgan fingerprint density at radius 2 is 1.42 bits per heavy atom. The number of non-ortho nitro benzene ring substituents is 1. The third kappa shape index (κ3) is 14.9. The lowest BCUT2D eigenvalue weighted by Crippen LogP contribution is -2.52. The third-order valence-corrected chi connectivity index (χ3v) is 8.29. The molecule has 0 bridgehead atoms. The van der Waals surface area contributed by atoms with Crippen molar-refractivity contribution < 1.29 is 57.5 Å². The predicted octanol–water partition coefficient (Wildman–Crippen LogP) is 1.57. The van der Waals surface area contributed by atoms with E-state index >= 15 is 0 Å². The van der Waals surface area contributed by atoms with Crippen molar-refractivity contribution in [3.8, 4) is 5.75 Å². The number of nitrogens with two attached hydrogens (primary N) is 1. The summed E-state index contributed by atoms with van der Waals surface area (Å²) in [6.07, 6.45) is 3.77. The van der Waals surface area contributed by atoms with Gasteiger partial charge >= 0.3 is 12.2 Å². The summed E-state index contributed by atoms with van der Waals surface area (Å²) < 4.78 is 10.0. The van der Waals surface area contributed by atoms with Gasteiger partial charge < -0.3 is 36.5 Å². The van der Waals surface area contributed by atoms with E-state index in [-0.39, 0.29) is 37.4 Å². The van der Waals surface area contributed by atoms with Gasteiger partial charge in [0, 0.05) is 55.1 Å². The first-order valence-electron chi connectivity index (χ1n) is 18.2. The van der Waals surface area contributed by atoms with Crippen LogP contribution in [0, 0.1) is 16.0 Å². The number of ether oxygens (including phenoxy) is 2. The first kappa shape index (κ1) is 45.9. The van der Waals surface area contributed by atoms with E-state index in [1.54, 1.807) is 26.0 Å². The molecule has 21 nitrogen and oxygen atoms in total. The number of nitrogens with zero attached hydrogens (tertiary/aromatic N) is 3. The van der Waals surface area contributed by atoms with E-state index < -0.39 is 83.0 Å². The van der Waals surface area contributed by atoms with E-state index in [1.165, 1.54) is 36.4 Å². The van der Waals surface area contributed by atoms with Crippen LogP contribution in [0.4, 0.5) is 21.0 Å². The Labute approximate surface area is 337 Å². The molecule has 0 aliphatic carbocycles. The van der Waals surface area contributed by atoms with Crippen LogP contribution < -0.4 is 31.7 Å². The number of rotatable bonds is 18. The molecule has 21 heteroatoms. The molecule has 0 spiro atoms. The Balaban J connectivity index is 0.00000122. The van der Waals surface area contributed by atoms with Gasteiger partial charge in [-0.05, 0) is 48.6 Å². The van der Waals surface area contributed by atoms with Gasteiger partial charge in [-0.2, -0.15) is 0 Å². The molecule has 0 fully saturated rings. The monoisotopic (exact) mass is 820 g/mol. The van der Waals surface area contributed by atoms with Crippen LogP contribution in [0.2, 0.25) is 0 Å². The summed E-state index contributed by atoms with van der Waals surface area (Å²) >= 11 is 0. The molecule has 314 valence electrons. The standard InChI is InChI=1S/C34H34N6O12.C4H10N2O/c1-20(2)32(37-26(41)12-9-24(39-30(45)15-16-31(39)46)18-38-28(43)13-14-29(38)44)33(47)35-17-27(42)36-22-5-3-21(4-6-22)19-51-34(48)52-25-10-7-23(8-11-25)40(49)50;1-2-3-6-4(5)7/h3-8,10-11,13-16,20,24,32H,9,12,17-19H2,1-2H3,(H,35,47)(H,36,42)(H,37,41);2-3H2,1H3,(H3,5,6,7). The van der Waals surface area contributed by atoms with Crippen LogP contribution in [-0.2, 0) is 44.9 Å². The number of amides is 9. The van der Waals surface area contributed by atoms with Crippen LogP contribution in [-0.4, -0.2) is 100.0 Å². The number of hydrogen-bond acceptors (Lipinski definition) is 13. The highest BCUT2D eigenvalue weighted by Gasteiger charge is 2.36. The number of nitro benzene ring substituents is 1. The van der Waals surface area contributed by atoms with E-state index in [0.29, 0.717) is 17.8 Å². The molecule has 2 aliphatic rings. The van der Waals surface area contributed by atoms with E-state index in [0.717, 1.165) is 40.5 Å². The number of hydrogen-bond donors (Lipinski definition) is 5. The summed E-state index contributed by atoms with van der Waals surface area (Å²) in [5.74, 6) is -4.68. The first-order valence-corrected chi connectivity index (χ1v) is 18.2. The first-order chi connectivity index (χ1) is 28.0. The summed E-state index contributed by atoms with van der Waals surface area (Å²) in [6.45, 7) is 5.10. The number of benzene rings is 2. The molecule has 0 radical (unpaired) electrons. The molecule has 2 aliphatic heterocycles. The number of nitro groups is 1. The maximum atomic E-state index is 13.0. The highest BCUT2D eigenvalue weighted by atomic mass is 16.7. The number of nitrogens with one attached hydrogen (secondary N) is 4. The molecule has 2 unspecified atom stereocenters. The fraction of sp³-hybridized carbons (Fsp3) is 0.342. The highest BCUT2D eigenvalue weighted by molar-refractivity contribution is 6.14. The molecule has 2 atom stereocenters. The Kier molecular flexibility index (Phi) is 17.4. The molecule has 0 aromatic heterocycles. The van der Waals surface area contributed by atoms with Crippen molar-refractivity contribution in [1.82, 2.24) is 25.8 Å². The summed E-state index contributed by atoms with van der Waals surface area (Å²) in [5, 5.41) is 20.8. The number of carbonyl (C=O) groups is 9. The van der Waals surface area contributed by atoms with E-state index in [9.17, 15) is 53.3 Å². The second-order valence-electron chi connectivity index (χ2n) is 13.1. The lowest BCUT2D eigenvalue weighted by Gasteiger charge is -2.29. The van der Waals surface area contributed by atoms with Gasteiger partial charge in [0.05, 0.1) is 24.1 Å². The van der Waals surface area contributed by atoms with Crippen LogP contribution in [0.5, 0.6) is 5.75 Å². The molecule has 0 saturated carbocycles. The summed E-state index contributed by atoms with van der Waals surface area (Å²) in [5.41, 5.74) is 5.49. The summed E-state index contributed by atoms with van der Waals surface area (Å²) in [6, 6.07) is 8.61. The Morgan fingerprint density at radius 3 is 1.95 bits per heavy atom. The fourth-order valence-corrected chi connectivity index (χ4v) is 5.29. The fourth-order valence-electron chi connectivity index (χ4n) is 5.29. The maximum Gasteiger partial charge on any atom is 0.514 e. The van der Waals surface area contributed by atoms with Crippen LogP contribution >= 0.6 is 0 Å². The van der Waals surface area contributed by atoms with Gasteiger partial charge in [-0.25, -0.2) is 9.59 Å². The maximum absolute atomic E-state index is 13.0. The SMILES string of the molecule is CC(C)C(NC(=O)CCC(CN1C(=O)C=CC1=O)N1C(=O)C=CC1=O)C(=O)NCC(=O)Nc1ccc(COC(=O)Oc2ccc([N+](=O)[O-])cc2)cc1.CCCNC(N)=O. The Hall–Kier alpha value is -7.45. The topological polar surface area (TPSA) is 296 Å². The van der Waals surface area contributed by atoms with Gasteiger partial charge in [-0.1, -0.05) is 32.9 Å². The van der Waals surface area contributed by atoms with Gasteiger partial charge in [0.25, 0.3) is 29.3 Å². The number of anilines is 1. The zero-order valence-electron chi connectivity index (χ0n) is 32.3. The molecule has 0 saturated heterocycles. The minimum Gasteiger partial charge on any atom is -0.429 e. The lowest BCUT2D eigenvalue weighted by molar-refractivity contribution is -0.384. The molecule has 4 rings (SSSR count). The minimum atomic E-state index is -1.05. The van der Waals surface area contributed by atoms with Gasteiger partial charge in [0.1, 0.15) is 18.4 Å². The quantitative estimate of drug-likeness (QED) is 0.0470. The molecule has 9 amide bonds. The van der Waals surface area contributed by atoms with E-state index in [2.05, 4.69) is 21.3 Å². The van der Waals surface area contributed by atoms with Crippen molar-refractivity contribution in [2.24, 2.45) is 11.7 Å². The van der Waals surface area contributed by atoms with Crippen molar-refractivity contribution in [2.45, 2.75) is 58.7 Å². The smallest absolute Gasteiger partial charge is 0.429 e. The van der Waals surface area contributed by atoms with Crippen LogP contribution in [0.25, 0.3) is 0 Å². The zero-order chi connectivity index (χ0) is 43.6. The Morgan fingerprint density at radius 1 is 0.831 bits per heavy atom. The van der Waals surface area contributed by atoms with Crippen molar-refractivity contribution in [3.63, 3.8) is 0 Å². The van der Waals surface area contributed by atoms with E-state index in [1.807, 2.05) is 6.92 Å². The van der Waals surface area contributed by atoms with Crippen molar-refractivity contribution in [2.75, 3.05) is 25.0 Å². The van der Waals surface area contributed by atoms with Gasteiger partial charge in [-0.3, -0.25) is 53.5 Å². The lowest BCUT2D eigenvalue weighted by atomic mass is 10.0. The molecular weight excluding hydrogens is 776 g/mol. The molecule has 2 aromatic rings. The third-order valence-electron chi connectivity index (χ3n) is 8.29. The number of imide groups is 2. The molecule has 2 aromatic carbocycles.